The molecule has 0 aliphatic heterocycles. The topological polar surface area (TPSA) is 26.3 Å². The Morgan fingerprint density at radius 1 is 1.80 bits per heavy atom. The average Bonchev–Trinajstić information content (AvgIpc) is 1.99. The molecule has 0 rings (SSSR count). The van der Waals surface area contributed by atoms with Crippen LogP contribution in [-0.4, -0.2) is 22.7 Å². The number of halogens is 2. The van der Waals surface area contributed by atoms with Crippen LogP contribution in [0.1, 0.15) is 0 Å². The van der Waals surface area contributed by atoms with Gasteiger partial charge in [-0.25, -0.2) is 4.79 Å². The summed E-state index contributed by atoms with van der Waals surface area (Å²) in [5.74, 6) is -0.384. The molecule has 58 valence electrons. The van der Waals surface area contributed by atoms with Gasteiger partial charge in [0.15, 0.2) is 0 Å². The van der Waals surface area contributed by atoms with Crippen LogP contribution in [0.5, 0.6) is 0 Å². The van der Waals surface area contributed by atoms with Crippen LogP contribution in [0, 0.1) is 0 Å². The van der Waals surface area contributed by atoms with E-state index in [2.05, 4.69) is 38.4 Å². The Labute approximate surface area is 76.9 Å². The number of alkyl halides is 2. The van der Waals surface area contributed by atoms with Gasteiger partial charge in [0.05, 0.1) is 4.83 Å². The summed E-state index contributed by atoms with van der Waals surface area (Å²) in [6.07, 6.45) is 1.15. The maximum atomic E-state index is 10.5. The zero-order valence-electron chi connectivity index (χ0n) is 5.35. The summed E-state index contributed by atoms with van der Waals surface area (Å²) in [5.41, 5.74) is 0. The minimum absolute atomic E-state index is 0.177. The summed E-state index contributed by atoms with van der Waals surface area (Å²) in [7, 11) is 0. The van der Waals surface area contributed by atoms with Gasteiger partial charge in [-0.2, -0.15) is 0 Å². The van der Waals surface area contributed by atoms with Crippen LogP contribution in [0.15, 0.2) is 12.7 Å². The summed E-state index contributed by atoms with van der Waals surface area (Å²) in [6, 6.07) is 0. The van der Waals surface area contributed by atoms with E-state index >= 15 is 0 Å². The van der Waals surface area contributed by atoms with E-state index < -0.39 is 0 Å². The van der Waals surface area contributed by atoms with E-state index in [1.54, 1.807) is 0 Å². The summed E-state index contributed by atoms with van der Waals surface area (Å²) in [6.45, 7) is 3.63. The smallest absolute Gasteiger partial charge is 0.330 e. The van der Waals surface area contributed by atoms with E-state index in [-0.39, 0.29) is 10.8 Å². The lowest BCUT2D eigenvalue weighted by molar-refractivity contribution is -0.137. The van der Waals surface area contributed by atoms with E-state index in [9.17, 15) is 4.79 Å². The molecule has 1 atom stereocenters. The first kappa shape index (κ1) is 10.2. The molecule has 0 aromatic rings. The van der Waals surface area contributed by atoms with Crippen LogP contribution < -0.4 is 0 Å². The highest BCUT2D eigenvalue weighted by molar-refractivity contribution is 9.12. The van der Waals surface area contributed by atoms with Crippen molar-refractivity contribution in [1.82, 2.24) is 0 Å². The van der Waals surface area contributed by atoms with Gasteiger partial charge >= 0.3 is 5.97 Å². The van der Waals surface area contributed by atoms with Crippen molar-refractivity contribution in [1.29, 1.82) is 0 Å². The first-order valence-electron chi connectivity index (χ1n) is 2.70. The SMILES string of the molecule is C=CC(=O)OC[C@@H](Br)CBr. The maximum Gasteiger partial charge on any atom is 0.330 e. The molecule has 0 fully saturated rings. The average molecular weight is 272 g/mol. The Balaban J connectivity index is 3.34. The molecule has 0 bridgehead atoms. The Morgan fingerprint density at radius 3 is 2.80 bits per heavy atom. The third-order valence-electron chi connectivity index (χ3n) is 0.741. The van der Waals surface area contributed by atoms with E-state index in [0.29, 0.717) is 6.61 Å². The van der Waals surface area contributed by atoms with Gasteiger partial charge in [-0.05, 0) is 0 Å². The third-order valence-corrected chi connectivity index (χ3v) is 2.98. The van der Waals surface area contributed by atoms with Crippen molar-refractivity contribution in [3.63, 3.8) is 0 Å². The molecule has 4 heteroatoms. The zero-order chi connectivity index (χ0) is 7.98. The van der Waals surface area contributed by atoms with Gasteiger partial charge < -0.3 is 4.74 Å². The van der Waals surface area contributed by atoms with Gasteiger partial charge in [0.25, 0.3) is 0 Å². The van der Waals surface area contributed by atoms with Crippen molar-refractivity contribution in [3.8, 4) is 0 Å². The normalized spacial score (nSPS) is 12.2. The van der Waals surface area contributed by atoms with E-state index in [4.69, 9.17) is 4.74 Å². The molecule has 2 nitrogen and oxygen atoms in total. The second kappa shape index (κ2) is 5.92. The molecule has 0 heterocycles. The fourth-order valence-corrected chi connectivity index (χ4v) is 0.595. The van der Waals surface area contributed by atoms with Crippen LogP contribution in [0.3, 0.4) is 0 Å². The fourth-order valence-electron chi connectivity index (χ4n) is 0.276. The minimum Gasteiger partial charge on any atom is -0.461 e. The van der Waals surface area contributed by atoms with Gasteiger partial charge in [-0.3, -0.25) is 0 Å². The van der Waals surface area contributed by atoms with Gasteiger partial charge in [-0.15, -0.1) is 0 Å². The molecule has 0 aliphatic carbocycles. The number of rotatable bonds is 4. The number of carbonyl (C=O) groups excluding carboxylic acids is 1. The van der Waals surface area contributed by atoms with Gasteiger partial charge in [0.2, 0.25) is 0 Å². The van der Waals surface area contributed by atoms with Crippen molar-refractivity contribution in [2.75, 3.05) is 11.9 Å². The molecule has 0 unspecified atom stereocenters. The van der Waals surface area contributed by atoms with Crippen molar-refractivity contribution in [2.24, 2.45) is 0 Å². The molecule has 0 spiro atoms. The highest BCUT2D eigenvalue weighted by Gasteiger charge is 2.03. The Kier molecular flexibility index (Phi) is 6.02. The van der Waals surface area contributed by atoms with Gasteiger partial charge in [0, 0.05) is 11.4 Å². The summed E-state index contributed by atoms with van der Waals surface area (Å²) in [4.78, 5) is 10.6. The molecule has 0 aromatic heterocycles. The van der Waals surface area contributed by atoms with Crippen LogP contribution >= 0.6 is 31.9 Å². The molecule has 0 amide bonds. The Morgan fingerprint density at radius 2 is 2.40 bits per heavy atom. The fraction of sp³-hybridized carbons (Fsp3) is 0.500. The molecular formula is C6H8Br2O2. The highest BCUT2D eigenvalue weighted by atomic mass is 79.9. The quantitative estimate of drug-likeness (QED) is 0.443. The second-order valence-corrected chi connectivity index (χ2v) is 3.53. The van der Waals surface area contributed by atoms with E-state index in [1.165, 1.54) is 0 Å². The lowest BCUT2D eigenvalue weighted by Crippen LogP contribution is -2.12. The standard InChI is InChI=1S/C6H8Br2O2/c1-2-6(9)10-4-5(8)3-7/h2,5H,1,3-4H2/t5-/m0/s1. The molecule has 0 saturated heterocycles. The van der Waals surface area contributed by atoms with Crippen LogP contribution in [0.25, 0.3) is 0 Å². The first-order chi connectivity index (χ1) is 4.70. The monoisotopic (exact) mass is 270 g/mol. The summed E-state index contributed by atoms with van der Waals surface area (Å²) >= 11 is 6.50. The summed E-state index contributed by atoms with van der Waals surface area (Å²) < 4.78 is 4.71. The lowest BCUT2D eigenvalue weighted by atomic mass is 10.5. The van der Waals surface area contributed by atoms with Crippen LogP contribution in [0.2, 0.25) is 0 Å². The lowest BCUT2D eigenvalue weighted by Gasteiger charge is -2.04. The number of esters is 1. The predicted octanol–water partition coefficient (Wildman–Crippen LogP) is 1.87. The third kappa shape index (κ3) is 4.99. The van der Waals surface area contributed by atoms with Crippen LogP contribution in [0.4, 0.5) is 0 Å². The number of hydrogen-bond donors (Lipinski definition) is 0. The van der Waals surface area contributed by atoms with Crippen LogP contribution in [-0.2, 0) is 9.53 Å². The first-order valence-corrected chi connectivity index (χ1v) is 4.73. The van der Waals surface area contributed by atoms with E-state index in [1.807, 2.05) is 0 Å². The predicted molar refractivity (Wildman–Crippen MR) is 47.7 cm³/mol. The van der Waals surface area contributed by atoms with Crippen molar-refractivity contribution in [2.45, 2.75) is 4.83 Å². The Bertz CT molecular complexity index is 125. The maximum absolute atomic E-state index is 10.5. The van der Waals surface area contributed by atoms with Crippen molar-refractivity contribution >= 4 is 37.8 Å². The largest absolute Gasteiger partial charge is 0.461 e. The molecular weight excluding hydrogens is 264 g/mol. The molecule has 0 N–H and O–H groups in total. The zero-order valence-corrected chi connectivity index (χ0v) is 8.52. The highest BCUT2D eigenvalue weighted by Crippen LogP contribution is 2.03. The number of hydrogen-bond acceptors (Lipinski definition) is 2. The molecule has 0 aliphatic rings. The van der Waals surface area contributed by atoms with Crippen molar-refractivity contribution < 1.29 is 9.53 Å². The minimum atomic E-state index is -0.384. The van der Waals surface area contributed by atoms with Gasteiger partial charge in [-0.1, -0.05) is 38.4 Å². The van der Waals surface area contributed by atoms with Gasteiger partial charge in [0.1, 0.15) is 6.61 Å². The summed E-state index contributed by atoms with van der Waals surface area (Å²) in [5, 5.41) is 0.761. The van der Waals surface area contributed by atoms with E-state index in [0.717, 1.165) is 11.4 Å². The van der Waals surface area contributed by atoms with Crippen molar-refractivity contribution in [3.05, 3.63) is 12.7 Å². The number of ether oxygens (including phenoxy) is 1. The Hall–Kier alpha value is 0.170. The number of carbonyl (C=O) groups is 1. The molecule has 0 radical (unpaired) electrons. The second-order valence-electron chi connectivity index (χ2n) is 1.59. The molecule has 10 heavy (non-hydrogen) atoms. The molecule has 0 saturated carbocycles. The molecule has 0 aromatic carbocycles.